The van der Waals surface area contributed by atoms with Crippen LogP contribution < -0.4 is 0 Å². The predicted molar refractivity (Wildman–Crippen MR) is 48.7 cm³/mol. The van der Waals surface area contributed by atoms with Crippen molar-refractivity contribution in [3.63, 3.8) is 0 Å². The lowest BCUT2D eigenvalue weighted by molar-refractivity contribution is -0.386. The summed E-state index contributed by atoms with van der Waals surface area (Å²) in [7, 11) is 0. The molecule has 0 radical (unpaired) electrons. The summed E-state index contributed by atoms with van der Waals surface area (Å²) < 4.78 is 0. The Balaban J connectivity index is 3.26. The van der Waals surface area contributed by atoms with Gasteiger partial charge in [0.2, 0.25) is 0 Å². The second kappa shape index (κ2) is 3.72. The number of nitro groups is 1. The number of nitrogens with zero attached hydrogens (tertiary/aromatic N) is 1. The second-order valence-corrected chi connectivity index (χ2v) is 3.07. The Hall–Kier alpha value is -1.13. The predicted octanol–water partition coefficient (Wildman–Crippen LogP) is 2.30. The fourth-order valence-corrected chi connectivity index (χ4v) is 1.21. The number of benzene rings is 1. The van der Waals surface area contributed by atoms with Gasteiger partial charge in [0.15, 0.2) is 0 Å². The van der Waals surface area contributed by atoms with Crippen molar-refractivity contribution in [3.05, 3.63) is 38.9 Å². The maximum absolute atomic E-state index is 10.5. The summed E-state index contributed by atoms with van der Waals surface area (Å²) in [5, 5.41) is 20.1. The van der Waals surface area contributed by atoms with Crippen LogP contribution in [0.5, 0.6) is 0 Å². The Kier molecular flexibility index (Phi) is 2.85. The Labute approximate surface area is 79.9 Å². The van der Waals surface area contributed by atoms with Gasteiger partial charge in [-0.15, -0.1) is 0 Å². The molecule has 1 aromatic carbocycles. The van der Waals surface area contributed by atoms with Gasteiger partial charge in [0.05, 0.1) is 16.6 Å². The molecular formula is C8H8ClNO3. The van der Waals surface area contributed by atoms with Crippen molar-refractivity contribution in [2.45, 2.75) is 13.0 Å². The van der Waals surface area contributed by atoms with Crippen molar-refractivity contribution >= 4 is 17.3 Å². The largest absolute Gasteiger partial charge is 0.388 e. The first-order valence-electron chi connectivity index (χ1n) is 3.64. The molecule has 0 aromatic heterocycles. The SMILES string of the molecule is C[C@H](O)c1cc(Cl)ccc1[N+](=O)[O-]. The molecule has 0 saturated heterocycles. The van der Waals surface area contributed by atoms with Gasteiger partial charge in [-0.25, -0.2) is 0 Å². The van der Waals surface area contributed by atoms with Crippen LogP contribution in [-0.2, 0) is 0 Å². The number of hydrogen-bond acceptors (Lipinski definition) is 3. The Bertz CT molecular complexity index is 338. The molecule has 0 bridgehead atoms. The van der Waals surface area contributed by atoms with E-state index in [-0.39, 0.29) is 11.3 Å². The van der Waals surface area contributed by atoms with E-state index in [1.165, 1.54) is 25.1 Å². The van der Waals surface area contributed by atoms with Crippen LogP contribution in [-0.4, -0.2) is 10.0 Å². The van der Waals surface area contributed by atoms with Crippen LogP contribution in [0.2, 0.25) is 5.02 Å². The van der Waals surface area contributed by atoms with Gasteiger partial charge in [0, 0.05) is 11.1 Å². The standard InChI is InChI=1S/C8H8ClNO3/c1-5(11)7-4-6(9)2-3-8(7)10(12)13/h2-5,11H,1H3/t5-/m0/s1. The average molecular weight is 202 g/mol. The molecule has 70 valence electrons. The van der Waals surface area contributed by atoms with Gasteiger partial charge in [-0.2, -0.15) is 0 Å². The molecular weight excluding hydrogens is 194 g/mol. The lowest BCUT2D eigenvalue weighted by Gasteiger charge is -2.05. The molecule has 1 atom stereocenters. The highest BCUT2D eigenvalue weighted by Crippen LogP contribution is 2.27. The van der Waals surface area contributed by atoms with E-state index in [0.29, 0.717) is 5.02 Å². The smallest absolute Gasteiger partial charge is 0.275 e. The van der Waals surface area contributed by atoms with Crippen molar-refractivity contribution in [2.75, 3.05) is 0 Å². The summed E-state index contributed by atoms with van der Waals surface area (Å²) in [4.78, 5) is 9.95. The lowest BCUT2D eigenvalue weighted by Crippen LogP contribution is -1.98. The summed E-state index contributed by atoms with van der Waals surface area (Å²) in [5.74, 6) is 0. The number of aliphatic hydroxyl groups excluding tert-OH is 1. The first-order chi connectivity index (χ1) is 6.02. The fraction of sp³-hybridized carbons (Fsp3) is 0.250. The van der Waals surface area contributed by atoms with Crippen LogP contribution in [0.1, 0.15) is 18.6 Å². The number of halogens is 1. The number of nitro benzene ring substituents is 1. The van der Waals surface area contributed by atoms with Crippen LogP contribution in [0.3, 0.4) is 0 Å². The van der Waals surface area contributed by atoms with Crippen molar-refractivity contribution in [3.8, 4) is 0 Å². The maximum Gasteiger partial charge on any atom is 0.275 e. The molecule has 1 aromatic rings. The highest BCUT2D eigenvalue weighted by atomic mass is 35.5. The van der Waals surface area contributed by atoms with Gasteiger partial charge in [0.25, 0.3) is 5.69 Å². The van der Waals surface area contributed by atoms with Gasteiger partial charge in [0.1, 0.15) is 0 Å². The molecule has 0 aliphatic rings. The molecule has 0 spiro atoms. The van der Waals surface area contributed by atoms with Gasteiger partial charge < -0.3 is 5.11 Å². The van der Waals surface area contributed by atoms with E-state index in [1.54, 1.807) is 0 Å². The molecule has 0 amide bonds. The zero-order valence-corrected chi connectivity index (χ0v) is 7.65. The zero-order valence-electron chi connectivity index (χ0n) is 6.90. The van der Waals surface area contributed by atoms with Crippen LogP contribution in [0, 0.1) is 10.1 Å². The van der Waals surface area contributed by atoms with Gasteiger partial charge in [-0.3, -0.25) is 10.1 Å². The molecule has 0 fully saturated rings. The Morgan fingerprint density at radius 3 is 2.69 bits per heavy atom. The van der Waals surface area contributed by atoms with Gasteiger partial charge >= 0.3 is 0 Å². The highest BCUT2D eigenvalue weighted by molar-refractivity contribution is 6.30. The molecule has 1 N–H and O–H groups in total. The molecule has 0 heterocycles. The Morgan fingerprint density at radius 1 is 1.62 bits per heavy atom. The first-order valence-corrected chi connectivity index (χ1v) is 4.02. The van der Waals surface area contributed by atoms with Gasteiger partial charge in [-0.1, -0.05) is 11.6 Å². The minimum absolute atomic E-state index is 0.112. The van der Waals surface area contributed by atoms with Crippen LogP contribution in [0.4, 0.5) is 5.69 Å². The molecule has 0 unspecified atom stereocenters. The molecule has 0 aliphatic carbocycles. The lowest BCUT2D eigenvalue weighted by atomic mass is 10.1. The molecule has 0 aliphatic heterocycles. The van der Waals surface area contributed by atoms with E-state index < -0.39 is 11.0 Å². The second-order valence-electron chi connectivity index (χ2n) is 2.64. The quantitative estimate of drug-likeness (QED) is 0.590. The molecule has 1 rings (SSSR count). The van der Waals surface area contributed by atoms with E-state index >= 15 is 0 Å². The molecule has 4 nitrogen and oxygen atoms in total. The third-order valence-electron chi connectivity index (χ3n) is 1.64. The van der Waals surface area contributed by atoms with Crippen LogP contribution in [0.15, 0.2) is 18.2 Å². The zero-order chi connectivity index (χ0) is 10.0. The maximum atomic E-state index is 10.5. The summed E-state index contributed by atoms with van der Waals surface area (Å²) >= 11 is 5.63. The van der Waals surface area contributed by atoms with E-state index in [1.807, 2.05) is 0 Å². The topological polar surface area (TPSA) is 63.4 Å². The van der Waals surface area contributed by atoms with Crippen LogP contribution in [0.25, 0.3) is 0 Å². The molecule has 0 saturated carbocycles. The highest BCUT2D eigenvalue weighted by Gasteiger charge is 2.17. The van der Waals surface area contributed by atoms with Crippen molar-refractivity contribution in [2.24, 2.45) is 0 Å². The average Bonchev–Trinajstić information content (AvgIpc) is 2.03. The third-order valence-corrected chi connectivity index (χ3v) is 1.87. The summed E-state index contributed by atoms with van der Waals surface area (Å²) in [6, 6.07) is 4.10. The van der Waals surface area contributed by atoms with Gasteiger partial charge in [-0.05, 0) is 19.1 Å². The normalized spacial score (nSPS) is 12.5. The van der Waals surface area contributed by atoms with Crippen molar-refractivity contribution in [1.82, 2.24) is 0 Å². The number of hydrogen-bond donors (Lipinski definition) is 1. The van der Waals surface area contributed by atoms with E-state index in [2.05, 4.69) is 0 Å². The minimum Gasteiger partial charge on any atom is -0.388 e. The summed E-state index contributed by atoms with van der Waals surface area (Å²) in [6.45, 7) is 1.46. The van der Waals surface area contributed by atoms with E-state index in [9.17, 15) is 15.2 Å². The van der Waals surface area contributed by atoms with Crippen LogP contribution >= 0.6 is 11.6 Å². The number of rotatable bonds is 2. The third kappa shape index (κ3) is 2.17. The Morgan fingerprint density at radius 2 is 2.23 bits per heavy atom. The van der Waals surface area contributed by atoms with Crippen molar-refractivity contribution in [1.29, 1.82) is 0 Å². The monoisotopic (exact) mass is 201 g/mol. The molecule has 5 heteroatoms. The van der Waals surface area contributed by atoms with E-state index in [0.717, 1.165) is 0 Å². The molecule has 13 heavy (non-hydrogen) atoms. The summed E-state index contributed by atoms with van der Waals surface area (Å²) in [5.41, 5.74) is 0.122. The first kappa shape index (κ1) is 9.95. The van der Waals surface area contributed by atoms with Crippen molar-refractivity contribution < 1.29 is 10.0 Å². The fourth-order valence-electron chi connectivity index (χ4n) is 1.03. The number of aliphatic hydroxyl groups is 1. The van der Waals surface area contributed by atoms with E-state index in [4.69, 9.17) is 11.6 Å². The summed E-state index contributed by atoms with van der Waals surface area (Å²) in [6.07, 6.45) is -0.890. The minimum atomic E-state index is -0.890.